The number of aliphatic hydroxyl groups excluding tert-OH is 1. The summed E-state index contributed by atoms with van der Waals surface area (Å²) in [6.45, 7) is 8.24. The minimum Gasteiger partial charge on any atom is -0.473 e. The van der Waals surface area contributed by atoms with E-state index < -0.39 is 17.7 Å². The summed E-state index contributed by atoms with van der Waals surface area (Å²) >= 11 is 0.987. The molecule has 5 N–H and O–H groups in total. The topological polar surface area (TPSA) is 149 Å². The third-order valence-electron chi connectivity index (χ3n) is 3.66. The minimum atomic E-state index is -0.798. The van der Waals surface area contributed by atoms with Crippen molar-refractivity contribution in [1.29, 1.82) is 0 Å². The Morgan fingerprint density at radius 1 is 1.37 bits per heavy atom. The number of urea groups is 1. The van der Waals surface area contributed by atoms with E-state index in [1.165, 1.54) is 0 Å². The fourth-order valence-corrected chi connectivity index (χ4v) is 2.76. The maximum absolute atomic E-state index is 11.6. The molecule has 0 radical (unpaired) electrons. The van der Waals surface area contributed by atoms with Gasteiger partial charge in [0.1, 0.15) is 18.4 Å². The van der Waals surface area contributed by atoms with Crippen LogP contribution in [0.25, 0.3) is 0 Å². The highest BCUT2D eigenvalue weighted by Crippen LogP contribution is 2.27. The van der Waals surface area contributed by atoms with E-state index in [-0.39, 0.29) is 31.5 Å². The molecule has 1 aromatic heterocycles. The zero-order valence-corrected chi connectivity index (χ0v) is 17.0. The van der Waals surface area contributed by atoms with Gasteiger partial charge in [-0.3, -0.25) is 4.79 Å². The van der Waals surface area contributed by atoms with Crippen LogP contribution in [-0.2, 0) is 9.53 Å². The van der Waals surface area contributed by atoms with Gasteiger partial charge in [-0.15, -0.1) is 4.37 Å². The van der Waals surface area contributed by atoms with Crippen LogP contribution in [-0.4, -0.2) is 63.8 Å². The van der Waals surface area contributed by atoms with Crippen molar-refractivity contribution in [3.05, 3.63) is 5.69 Å². The van der Waals surface area contributed by atoms with E-state index in [0.717, 1.165) is 11.7 Å². The van der Waals surface area contributed by atoms with Crippen molar-refractivity contribution in [2.24, 2.45) is 5.73 Å². The molecule has 2 amide bonds. The Morgan fingerprint density at radius 3 is 2.70 bits per heavy atom. The van der Waals surface area contributed by atoms with Crippen LogP contribution in [0.1, 0.15) is 45.7 Å². The van der Waals surface area contributed by atoms with Gasteiger partial charge in [0.15, 0.2) is 0 Å². The average Bonchev–Trinajstić information content (AvgIpc) is 3.05. The predicted molar refractivity (Wildman–Crippen MR) is 101 cm³/mol. The SMILES string of the molecule is CCOC(=O)CC(C)c1nsnc1OCC(O)CNC(C)(C)CNC(N)=O. The molecule has 27 heavy (non-hydrogen) atoms. The summed E-state index contributed by atoms with van der Waals surface area (Å²) in [5.74, 6) is -0.197. The second-order valence-electron chi connectivity index (χ2n) is 6.81. The number of amides is 2. The first-order chi connectivity index (χ1) is 12.6. The molecule has 0 spiro atoms. The van der Waals surface area contributed by atoms with Gasteiger partial charge in [0.05, 0.1) is 24.8 Å². The first-order valence-electron chi connectivity index (χ1n) is 8.72. The number of primary amides is 1. The number of aliphatic hydroxyl groups is 1. The largest absolute Gasteiger partial charge is 0.473 e. The molecule has 1 aromatic rings. The number of ether oxygens (including phenoxy) is 2. The van der Waals surface area contributed by atoms with Gasteiger partial charge in [-0.25, -0.2) is 4.79 Å². The molecule has 0 aliphatic rings. The first kappa shape index (κ1) is 23.1. The van der Waals surface area contributed by atoms with Crippen LogP contribution < -0.4 is 21.1 Å². The van der Waals surface area contributed by atoms with Gasteiger partial charge in [-0.05, 0) is 20.8 Å². The van der Waals surface area contributed by atoms with Crippen LogP contribution >= 0.6 is 11.7 Å². The van der Waals surface area contributed by atoms with Crippen LogP contribution in [0.4, 0.5) is 4.79 Å². The summed E-state index contributed by atoms with van der Waals surface area (Å²) in [7, 11) is 0. The number of β-amino-alcohol motifs (C(OH)–C–C–N with tert-alkyl or cyclic N) is 1. The second kappa shape index (κ2) is 11.0. The van der Waals surface area contributed by atoms with E-state index >= 15 is 0 Å². The van der Waals surface area contributed by atoms with Crippen LogP contribution in [0.5, 0.6) is 5.88 Å². The average molecular weight is 404 g/mol. The highest BCUT2D eigenvalue weighted by Gasteiger charge is 2.22. The van der Waals surface area contributed by atoms with Crippen molar-refractivity contribution in [2.45, 2.75) is 51.7 Å². The van der Waals surface area contributed by atoms with Crippen LogP contribution in [0.2, 0.25) is 0 Å². The summed E-state index contributed by atoms with van der Waals surface area (Å²) < 4.78 is 18.8. The molecule has 0 saturated heterocycles. The Balaban J connectivity index is 2.46. The molecular weight excluding hydrogens is 374 g/mol. The molecule has 0 saturated carbocycles. The van der Waals surface area contributed by atoms with E-state index in [2.05, 4.69) is 19.4 Å². The number of carbonyl (C=O) groups excluding carboxylic acids is 2. The molecule has 10 nitrogen and oxygen atoms in total. The maximum Gasteiger partial charge on any atom is 0.312 e. The van der Waals surface area contributed by atoms with Crippen molar-refractivity contribution in [2.75, 3.05) is 26.3 Å². The van der Waals surface area contributed by atoms with Crippen molar-refractivity contribution in [1.82, 2.24) is 19.4 Å². The smallest absolute Gasteiger partial charge is 0.312 e. The number of hydrogen-bond acceptors (Lipinski definition) is 9. The monoisotopic (exact) mass is 403 g/mol. The lowest BCUT2D eigenvalue weighted by molar-refractivity contribution is -0.143. The Hall–Kier alpha value is -1.98. The van der Waals surface area contributed by atoms with Crippen LogP contribution in [0.3, 0.4) is 0 Å². The molecule has 0 aromatic carbocycles. The Morgan fingerprint density at radius 2 is 2.07 bits per heavy atom. The molecule has 0 bridgehead atoms. The van der Waals surface area contributed by atoms with Gasteiger partial charge in [0.25, 0.3) is 0 Å². The third-order valence-corrected chi connectivity index (χ3v) is 4.19. The molecular formula is C16H29N5O5S. The summed E-state index contributed by atoms with van der Waals surface area (Å²) in [5, 5.41) is 15.8. The first-order valence-corrected chi connectivity index (χ1v) is 9.45. The molecule has 1 rings (SSSR count). The number of nitrogens with zero attached hydrogens (tertiary/aromatic N) is 2. The second-order valence-corrected chi connectivity index (χ2v) is 7.34. The van der Waals surface area contributed by atoms with Crippen molar-refractivity contribution in [3.63, 3.8) is 0 Å². The summed E-state index contributed by atoms with van der Waals surface area (Å²) in [5.41, 5.74) is 5.18. The van der Waals surface area contributed by atoms with Crippen molar-refractivity contribution >= 4 is 23.7 Å². The summed E-state index contributed by atoms with van der Waals surface area (Å²) in [6, 6.07) is -0.603. The molecule has 2 atom stereocenters. The zero-order chi connectivity index (χ0) is 20.4. The number of nitrogens with two attached hydrogens (primary N) is 1. The quantitative estimate of drug-likeness (QED) is 0.366. The predicted octanol–water partition coefficient (Wildman–Crippen LogP) is 0.371. The lowest BCUT2D eigenvalue weighted by Gasteiger charge is -2.27. The van der Waals surface area contributed by atoms with Gasteiger partial charge in [-0.2, -0.15) is 4.37 Å². The Kier molecular flexibility index (Phi) is 9.39. The van der Waals surface area contributed by atoms with Crippen molar-refractivity contribution in [3.8, 4) is 5.88 Å². The Bertz CT molecular complexity index is 610. The highest BCUT2D eigenvalue weighted by molar-refractivity contribution is 6.99. The highest BCUT2D eigenvalue weighted by atomic mass is 32.1. The number of hydrogen-bond donors (Lipinski definition) is 4. The molecule has 0 fully saturated rings. The fourth-order valence-electron chi connectivity index (χ4n) is 2.15. The lowest BCUT2D eigenvalue weighted by atomic mass is 10.0. The number of carbonyl (C=O) groups is 2. The number of nitrogens with one attached hydrogen (secondary N) is 2. The Labute approximate surface area is 163 Å². The van der Waals surface area contributed by atoms with E-state index in [9.17, 15) is 14.7 Å². The van der Waals surface area contributed by atoms with Gasteiger partial charge in [-0.1, -0.05) is 6.92 Å². The van der Waals surface area contributed by atoms with Gasteiger partial charge in [0.2, 0.25) is 5.88 Å². The number of aromatic nitrogens is 2. The van der Waals surface area contributed by atoms with E-state index in [1.807, 2.05) is 20.8 Å². The van der Waals surface area contributed by atoms with Gasteiger partial charge >= 0.3 is 12.0 Å². The molecule has 0 aliphatic heterocycles. The lowest BCUT2D eigenvalue weighted by Crippen LogP contribution is -2.52. The summed E-state index contributed by atoms with van der Waals surface area (Å²) in [4.78, 5) is 22.4. The maximum atomic E-state index is 11.6. The van der Waals surface area contributed by atoms with Crippen LogP contribution in [0.15, 0.2) is 0 Å². The molecule has 11 heteroatoms. The van der Waals surface area contributed by atoms with Gasteiger partial charge in [0, 0.05) is 24.5 Å². The standard InChI is InChI=1S/C16H29N5O5S/c1-5-25-12(23)6-10(2)13-14(21-27-20-13)26-8-11(22)7-19-16(3,4)9-18-15(17)24/h10-11,19,22H,5-9H2,1-4H3,(H3,17,18,24). The molecule has 154 valence electrons. The molecule has 2 unspecified atom stereocenters. The number of rotatable bonds is 12. The normalized spacial score (nSPS) is 13.7. The molecule has 0 aliphatic carbocycles. The number of esters is 1. The molecule has 1 heterocycles. The van der Waals surface area contributed by atoms with E-state index in [0.29, 0.717) is 24.7 Å². The van der Waals surface area contributed by atoms with Crippen LogP contribution in [0, 0.1) is 0 Å². The van der Waals surface area contributed by atoms with Gasteiger partial charge < -0.3 is 30.9 Å². The van der Waals surface area contributed by atoms with Crippen molar-refractivity contribution < 1.29 is 24.2 Å². The third kappa shape index (κ3) is 8.98. The summed E-state index contributed by atoms with van der Waals surface area (Å²) in [6.07, 6.45) is -0.617. The fraction of sp³-hybridized carbons (Fsp3) is 0.750. The van der Waals surface area contributed by atoms with E-state index in [4.69, 9.17) is 15.2 Å². The van der Waals surface area contributed by atoms with E-state index in [1.54, 1.807) is 6.92 Å². The zero-order valence-electron chi connectivity index (χ0n) is 16.2. The minimum absolute atomic E-state index is 0.0108.